The number of rotatable bonds is 5. The van der Waals surface area contributed by atoms with Gasteiger partial charge in [0, 0.05) is 6.04 Å². The molecule has 0 saturated carbocycles. The molecule has 0 fully saturated rings. The van der Waals surface area contributed by atoms with Crippen LogP contribution in [-0.2, 0) is 4.79 Å². The summed E-state index contributed by atoms with van der Waals surface area (Å²) in [5.74, 6) is -0.443. The summed E-state index contributed by atoms with van der Waals surface area (Å²) >= 11 is 0. The van der Waals surface area contributed by atoms with Gasteiger partial charge in [0.1, 0.15) is 5.78 Å². The molecule has 17 heavy (non-hydrogen) atoms. The van der Waals surface area contributed by atoms with Crippen LogP contribution in [0.4, 0.5) is 0 Å². The molecule has 0 spiro atoms. The average Bonchev–Trinajstić information content (AvgIpc) is 2.29. The van der Waals surface area contributed by atoms with Crippen molar-refractivity contribution in [2.24, 2.45) is 23.1 Å². The molecule has 0 amide bonds. The zero-order valence-electron chi connectivity index (χ0n) is 10.2. The number of hydrogen-bond donors (Lipinski definition) is 3. The Labute approximate surface area is 102 Å². The smallest absolute Gasteiger partial charge is 0.138 e. The van der Waals surface area contributed by atoms with E-state index in [9.17, 15) is 4.79 Å². The van der Waals surface area contributed by atoms with E-state index in [0.717, 1.165) is 18.4 Å². The largest absolute Gasteiger partial charge is 0.324 e. The highest BCUT2D eigenvalue weighted by Gasteiger charge is 2.22. The first-order valence-corrected chi connectivity index (χ1v) is 5.84. The second-order valence-corrected chi connectivity index (χ2v) is 4.33. The van der Waals surface area contributed by atoms with Gasteiger partial charge in [0.05, 0.1) is 12.1 Å². The molecule has 4 nitrogen and oxygen atoms in total. The molecule has 0 bridgehead atoms. The van der Waals surface area contributed by atoms with Crippen LogP contribution in [0.3, 0.4) is 0 Å². The molecule has 2 atom stereocenters. The van der Waals surface area contributed by atoms with Crippen LogP contribution < -0.4 is 17.2 Å². The van der Waals surface area contributed by atoms with Crippen LogP contribution in [0.15, 0.2) is 36.0 Å². The fourth-order valence-corrected chi connectivity index (χ4v) is 1.75. The molecule has 1 aliphatic carbocycles. The van der Waals surface area contributed by atoms with Gasteiger partial charge >= 0.3 is 0 Å². The second-order valence-electron chi connectivity index (χ2n) is 4.33. The maximum absolute atomic E-state index is 11.5. The molecule has 0 aliphatic heterocycles. The summed E-state index contributed by atoms with van der Waals surface area (Å²) in [4.78, 5) is 11.5. The summed E-state index contributed by atoms with van der Waals surface area (Å²) in [6.45, 7) is 1.50. The first-order valence-electron chi connectivity index (χ1n) is 5.84. The Morgan fingerprint density at radius 2 is 2.06 bits per heavy atom. The minimum absolute atomic E-state index is 0.0185. The lowest BCUT2D eigenvalue weighted by atomic mass is 9.93. The first kappa shape index (κ1) is 13.8. The van der Waals surface area contributed by atoms with Crippen LogP contribution in [0.1, 0.15) is 19.8 Å². The summed E-state index contributed by atoms with van der Waals surface area (Å²) in [7, 11) is 0. The normalized spacial score (nSPS) is 19.5. The minimum atomic E-state index is -0.690. The van der Waals surface area contributed by atoms with Gasteiger partial charge in [-0.25, -0.2) is 0 Å². The standard InChI is InChI=1S/C13H21N3O/c1-9(17)11(12(14)13(15)16)8-7-10-5-3-2-4-6-10/h3,5-8,11-13H,2,4,14-16H2,1H3. The van der Waals surface area contributed by atoms with E-state index in [4.69, 9.17) is 17.2 Å². The fourth-order valence-electron chi connectivity index (χ4n) is 1.75. The van der Waals surface area contributed by atoms with Crippen LogP contribution in [0, 0.1) is 5.92 Å². The predicted octanol–water partition coefficient (Wildman–Crippen LogP) is 0.595. The van der Waals surface area contributed by atoms with Crippen LogP contribution in [0.2, 0.25) is 0 Å². The van der Waals surface area contributed by atoms with Gasteiger partial charge in [0.15, 0.2) is 0 Å². The van der Waals surface area contributed by atoms with Gasteiger partial charge in [0.2, 0.25) is 0 Å². The maximum atomic E-state index is 11.5. The summed E-state index contributed by atoms with van der Waals surface area (Å²) in [6.07, 6.45) is 11.4. The van der Waals surface area contributed by atoms with E-state index in [2.05, 4.69) is 12.2 Å². The average molecular weight is 235 g/mol. The Hall–Kier alpha value is -1.23. The van der Waals surface area contributed by atoms with Crippen molar-refractivity contribution in [1.29, 1.82) is 0 Å². The fraction of sp³-hybridized carbons (Fsp3) is 0.462. The summed E-state index contributed by atoms with van der Waals surface area (Å²) in [5.41, 5.74) is 18.0. The topological polar surface area (TPSA) is 95.1 Å². The molecular formula is C13H21N3O. The Morgan fingerprint density at radius 3 is 2.53 bits per heavy atom. The lowest BCUT2D eigenvalue weighted by Crippen LogP contribution is -2.53. The van der Waals surface area contributed by atoms with Crippen molar-refractivity contribution < 1.29 is 4.79 Å². The molecule has 1 rings (SSSR count). The zero-order valence-corrected chi connectivity index (χ0v) is 10.2. The van der Waals surface area contributed by atoms with E-state index < -0.39 is 18.1 Å². The van der Waals surface area contributed by atoms with E-state index in [1.807, 2.05) is 12.2 Å². The van der Waals surface area contributed by atoms with Crippen molar-refractivity contribution in [3.8, 4) is 0 Å². The van der Waals surface area contributed by atoms with Gasteiger partial charge in [0.25, 0.3) is 0 Å². The Kier molecular flexibility index (Phi) is 5.28. The first-order chi connectivity index (χ1) is 8.02. The third-order valence-corrected chi connectivity index (χ3v) is 2.85. The molecule has 0 radical (unpaired) electrons. The quantitative estimate of drug-likeness (QED) is 0.608. The monoisotopic (exact) mass is 235 g/mol. The van der Waals surface area contributed by atoms with Crippen molar-refractivity contribution in [2.75, 3.05) is 0 Å². The minimum Gasteiger partial charge on any atom is -0.324 e. The summed E-state index contributed by atoms with van der Waals surface area (Å²) < 4.78 is 0. The van der Waals surface area contributed by atoms with Crippen LogP contribution in [0.25, 0.3) is 0 Å². The van der Waals surface area contributed by atoms with Gasteiger partial charge in [-0.1, -0.05) is 30.4 Å². The molecule has 1 aliphatic rings. The lowest BCUT2D eigenvalue weighted by Gasteiger charge is -2.21. The van der Waals surface area contributed by atoms with E-state index in [1.54, 1.807) is 6.08 Å². The van der Waals surface area contributed by atoms with Crippen molar-refractivity contribution >= 4 is 5.78 Å². The van der Waals surface area contributed by atoms with Crippen molar-refractivity contribution in [1.82, 2.24) is 0 Å². The van der Waals surface area contributed by atoms with Crippen LogP contribution in [0.5, 0.6) is 0 Å². The molecule has 0 aromatic heterocycles. The van der Waals surface area contributed by atoms with Gasteiger partial charge in [-0.15, -0.1) is 0 Å². The van der Waals surface area contributed by atoms with E-state index in [1.165, 1.54) is 6.92 Å². The number of carbonyl (C=O) groups excluding carboxylic acids is 1. The summed E-state index contributed by atoms with van der Waals surface area (Å²) in [6, 6.07) is -0.545. The molecule has 2 unspecified atom stereocenters. The van der Waals surface area contributed by atoms with Gasteiger partial charge < -0.3 is 17.2 Å². The number of nitrogens with two attached hydrogens (primary N) is 3. The second kappa shape index (κ2) is 6.49. The highest BCUT2D eigenvalue weighted by Crippen LogP contribution is 2.14. The molecule has 0 aromatic rings. The third kappa shape index (κ3) is 4.26. The van der Waals surface area contributed by atoms with E-state index in [0.29, 0.717) is 0 Å². The van der Waals surface area contributed by atoms with Crippen LogP contribution in [-0.4, -0.2) is 18.0 Å². The molecule has 4 heteroatoms. The highest BCUT2D eigenvalue weighted by molar-refractivity contribution is 5.81. The summed E-state index contributed by atoms with van der Waals surface area (Å²) in [5, 5.41) is 0. The number of ketones is 1. The van der Waals surface area contributed by atoms with E-state index in [-0.39, 0.29) is 5.78 Å². The third-order valence-electron chi connectivity index (χ3n) is 2.85. The zero-order chi connectivity index (χ0) is 12.8. The number of hydrogen-bond acceptors (Lipinski definition) is 4. The highest BCUT2D eigenvalue weighted by atomic mass is 16.1. The lowest BCUT2D eigenvalue weighted by molar-refractivity contribution is -0.120. The van der Waals surface area contributed by atoms with Gasteiger partial charge in [-0.3, -0.25) is 4.79 Å². The Balaban J connectivity index is 2.73. The molecule has 94 valence electrons. The molecule has 6 N–H and O–H groups in total. The van der Waals surface area contributed by atoms with Gasteiger partial charge in [-0.05, 0) is 25.3 Å². The van der Waals surface area contributed by atoms with Gasteiger partial charge in [-0.2, -0.15) is 0 Å². The van der Waals surface area contributed by atoms with Crippen molar-refractivity contribution in [2.45, 2.75) is 32.0 Å². The molecule has 0 heterocycles. The Bertz CT molecular complexity index is 356. The molecule has 0 saturated heterocycles. The molecule has 0 aromatic carbocycles. The van der Waals surface area contributed by atoms with Crippen molar-refractivity contribution in [3.63, 3.8) is 0 Å². The van der Waals surface area contributed by atoms with Crippen LogP contribution >= 0.6 is 0 Å². The Morgan fingerprint density at radius 1 is 1.35 bits per heavy atom. The SMILES string of the molecule is CC(=O)C(C=CC1=CCCC=C1)C(N)C(N)N. The number of allylic oxidation sites excluding steroid dienone is 5. The maximum Gasteiger partial charge on any atom is 0.138 e. The van der Waals surface area contributed by atoms with E-state index >= 15 is 0 Å². The van der Waals surface area contributed by atoms with Crippen molar-refractivity contribution in [3.05, 3.63) is 36.0 Å². The number of Topliss-reactive ketones (excluding diaryl/α,β-unsaturated/α-hetero) is 1. The predicted molar refractivity (Wildman–Crippen MR) is 69.9 cm³/mol. The molecular weight excluding hydrogens is 214 g/mol. The number of carbonyl (C=O) groups is 1.